The SMILES string of the molecule is C/C(Cn1nnc([N+](=O)[O-])n1)=N\NC(=O)c1ccc([N+](=O)[O-])cc1Cl. The van der Waals surface area contributed by atoms with E-state index in [0.717, 1.165) is 16.9 Å². The van der Waals surface area contributed by atoms with Gasteiger partial charge in [-0.05, 0) is 17.9 Å². The molecule has 0 spiro atoms. The lowest BCUT2D eigenvalue weighted by Gasteiger charge is -2.03. The van der Waals surface area contributed by atoms with Gasteiger partial charge in [-0.15, -0.1) is 0 Å². The molecule has 0 bridgehead atoms. The Morgan fingerprint density at radius 3 is 2.64 bits per heavy atom. The van der Waals surface area contributed by atoms with E-state index in [-0.39, 0.29) is 22.8 Å². The number of non-ortho nitro benzene ring substituents is 1. The zero-order valence-electron chi connectivity index (χ0n) is 12.5. The van der Waals surface area contributed by atoms with Gasteiger partial charge in [0, 0.05) is 17.3 Å². The van der Waals surface area contributed by atoms with E-state index in [1.54, 1.807) is 0 Å². The van der Waals surface area contributed by atoms with Gasteiger partial charge in [-0.2, -0.15) is 5.10 Å². The normalized spacial score (nSPS) is 11.2. The van der Waals surface area contributed by atoms with Crippen LogP contribution in [0.1, 0.15) is 17.3 Å². The number of benzene rings is 1. The molecular formula is C11H9ClN8O5. The Morgan fingerprint density at radius 1 is 1.36 bits per heavy atom. The van der Waals surface area contributed by atoms with E-state index >= 15 is 0 Å². The number of nitrogens with zero attached hydrogens (tertiary/aromatic N) is 7. The highest BCUT2D eigenvalue weighted by Crippen LogP contribution is 2.22. The number of hydrogen-bond donors (Lipinski definition) is 1. The Kier molecular flexibility index (Phi) is 5.28. The number of nitrogens with one attached hydrogen (secondary N) is 1. The van der Waals surface area contributed by atoms with E-state index < -0.39 is 21.7 Å². The average Bonchev–Trinajstić information content (AvgIpc) is 3.01. The molecule has 2 rings (SSSR count). The molecule has 0 aliphatic carbocycles. The first-order chi connectivity index (χ1) is 11.8. The number of hydrogen-bond acceptors (Lipinski definition) is 9. The second-order valence-corrected chi connectivity index (χ2v) is 4.99. The lowest BCUT2D eigenvalue weighted by atomic mass is 10.2. The molecule has 2 aromatic rings. The molecule has 1 heterocycles. The number of halogens is 1. The van der Waals surface area contributed by atoms with Crippen LogP contribution in [-0.4, -0.2) is 41.7 Å². The Bertz CT molecular complexity index is 879. The molecule has 1 aromatic heterocycles. The topological polar surface area (TPSA) is 171 Å². The van der Waals surface area contributed by atoms with Gasteiger partial charge in [0.05, 0.1) is 31.4 Å². The predicted molar refractivity (Wildman–Crippen MR) is 83.2 cm³/mol. The van der Waals surface area contributed by atoms with E-state index in [9.17, 15) is 25.0 Å². The van der Waals surface area contributed by atoms with Gasteiger partial charge in [-0.1, -0.05) is 16.4 Å². The molecule has 1 N–H and O–H groups in total. The highest BCUT2D eigenvalue weighted by molar-refractivity contribution is 6.34. The number of rotatable bonds is 6. The van der Waals surface area contributed by atoms with Gasteiger partial charge in [-0.25, -0.2) is 5.43 Å². The van der Waals surface area contributed by atoms with Crippen LogP contribution in [0.5, 0.6) is 0 Å². The largest absolute Gasteiger partial charge is 0.514 e. The number of carbonyl (C=O) groups excluding carboxylic acids is 1. The molecule has 13 nitrogen and oxygen atoms in total. The summed E-state index contributed by atoms with van der Waals surface area (Å²) in [6.07, 6.45) is 0. The van der Waals surface area contributed by atoms with Crippen LogP contribution in [0.25, 0.3) is 0 Å². The van der Waals surface area contributed by atoms with Crippen LogP contribution in [0.15, 0.2) is 23.3 Å². The van der Waals surface area contributed by atoms with Crippen molar-refractivity contribution in [1.29, 1.82) is 0 Å². The maximum Gasteiger partial charge on any atom is 0.514 e. The first kappa shape index (κ1) is 17.9. The fraction of sp³-hybridized carbons (Fsp3) is 0.182. The molecule has 0 saturated carbocycles. The highest BCUT2D eigenvalue weighted by atomic mass is 35.5. The standard InChI is InChI=1S/C11H9ClN8O5/c1-6(5-18-16-11(15-17-18)20(24)25)13-14-10(21)8-3-2-7(19(22)23)4-9(8)12/h2-4H,5H2,1H3,(H,14,21)/b13-6+. The molecule has 0 unspecified atom stereocenters. The van der Waals surface area contributed by atoms with E-state index in [1.165, 1.54) is 13.0 Å². The van der Waals surface area contributed by atoms with Gasteiger partial charge < -0.3 is 10.1 Å². The molecule has 1 amide bonds. The third kappa shape index (κ3) is 4.51. The smallest absolute Gasteiger partial charge is 0.390 e. The fourth-order valence-corrected chi connectivity index (χ4v) is 1.88. The monoisotopic (exact) mass is 368 g/mol. The quantitative estimate of drug-likeness (QED) is 0.445. The van der Waals surface area contributed by atoms with Crippen LogP contribution in [0.4, 0.5) is 11.6 Å². The molecule has 14 heteroatoms. The van der Waals surface area contributed by atoms with Crippen LogP contribution in [-0.2, 0) is 6.54 Å². The van der Waals surface area contributed by atoms with Gasteiger partial charge in [0.15, 0.2) is 0 Å². The zero-order chi connectivity index (χ0) is 18.6. The minimum Gasteiger partial charge on any atom is -0.390 e. The Balaban J connectivity index is 2.03. The molecular weight excluding hydrogens is 360 g/mol. The number of tetrazole rings is 1. The fourth-order valence-electron chi connectivity index (χ4n) is 1.62. The van der Waals surface area contributed by atoms with E-state index in [0.29, 0.717) is 5.71 Å². The number of carbonyl (C=O) groups is 1. The van der Waals surface area contributed by atoms with Gasteiger partial charge in [-0.3, -0.25) is 14.9 Å². The van der Waals surface area contributed by atoms with Crippen molar-refractivity contribution in [2.24, 2.45) is 5.10 Å². The summed E-state index contributed by atoms with van der Waals surface area (Å²) in [5.74, 6) is -1.34. The third-order valence-electron chi connectivity index (χ3n) is 2.73. The summed E-state index contributed by atoms with van der Waals surface area (Å²) >= 11 is 5.84. The van der Waals surface area contributed by atoms with Crippen LogP contribution in [0.2, 0.25) is 5.02 Å². The van der Waals surface area contributed by atoms with Gasteiger partial charge in [0.25, 0.3) is 11.6 Å². The van der Waals surface area contributed by atoms with Gasteiger partial charge in [0.2, 0.25) is 0 Å². The summed E-state index contributed by atoms with van der Waals surface area (Å²) in [5, 5.41) is 34.9. The van der Waals surface area contributed by atoms with E-state index in [4.69, 9.17) is 11.6 Å². The molecule has 0 saturated heterocycles. The van der Waals surface area contributed by atoms with Crippen molar-refractivity contribution in [1.82, 2.24) is 25.6 Å². The molecule has 0 fully saturated rings. The van der Waals surface area contributed by atoms with Crippen LogP contribution in [0, 0.1) is 20.2 Å². The first-order valence-corrected chi connectivity index (χ1v) is 6.85. The predicted octanol–water partition coefficient (Wildman–Crippen LogP) is 0.949. The molecule has 0 radical (unpaired) electrons. The molecule has 0 aliphatic heterocycles. The minimum atomic E-state index is -0.797. The summed E-state index contributed by atoms with van der Waals surface area (Å²) in [6.45, 7) is 1.47. The number of hydrazone groups is 1. The minimum absolute atomic E-state index is 0.00154. The Hall–Kier alpha value is -3.48. The van der Waals surface area contributed by atoms with Crippen molar-refractivity contribution in [3.05, 3.63) is 49.0 Å². The maximum absolute atomic E-state index is 12.0. The van der Waals surface area contributed by atoms with Gasteiger partial charge in [0.1, 0.15) is 6.54 Å². The number of amides is 1. The van der Waals surface area contributed by atoms with Crippen LogP contribution < -0.4 is 5.43 Å². The van der Waals surface area contributed by atoms with E-state index in [1.807, 2.05) is 0 Å². The van der Waals surface area contributed by atoms with Crippen LogP contribution >= 0.6 is 11.6 Å². The summed E-state index contributed by atoms with van der Waals surface area (Å²) < 4.78 is 0. The molecule has 1 aromatic carbocycles. The zero-order valence-corrected chi connectivity index (χ0v) is 13.2. The average molecular weight is 369 g/mol. The van der Waals surface area contributed by atoms with Crippen molar-refractivity contribution in [2.45, 2.75) is 13.5 Å². The van der Waals surface area contributed by atoms with E-state index in [2.05, 4.69) is 25.9 Å². The summed E-state index contributed by atoms with van der Waals surface area (Å²) in [6, 6.07) is 3.38. The summed E-state index contributed by atoms with van der Waals surface area (Å²) in [7, 11) is 0. The number of aromatic nitrogens is 4. The van der Waals surface area contributed by atoms with Crippen molar-refractivity contribution in [2.75, 3.05) is 0 Å². The maximum atomic E-state index is 12.0. The van der Waals surface area contributed by atoms with Gasteiger partial charge >= 0.3 is 5.95 Å². The molecule has 130 valence electrons. The summed E-state index contributed by atoms with van der Waals surface area (Å²) in [5.41, 5.74) is 2.28. The molecule has 25 heavy (non-hydrogen) atoms. The second-order valence-electron chi connectivity index (χ2n) is 4.59. The lowest BCUT2D eigenvalue weighted by Crippen LogP contribution is -2.21. The Morgan fingerprint density at radius 2 is 2.08 bits per heavy atom. The van der Waals surface area contributed by atoms with Crippen molar-refractivity contribution < 1.29 is 14.6 Å². The van der Waals surface area contributed by atoms with Crippen LogP contribution in [0.3, 0.4) is 0 Å². The Labute approximate surface area is 143 Å². The summed E-state index contributed by atoms with van der Waals surface area (Å²) in [4.78, 5) is 32.6. The molecule has 0 atom stereocenters. The second kappa shape index (κ2) is 7.39. The van der Waals surface area contributed by atoms with Crippen molar-refractivity contribution >= 4 is 34.9 Å². The number of nitro benzene ring substituents is 1. The van der Waals surface area contributed by atoms with Crippen molar-refractivity contribution in [3.8, 4) is 0 Å². The third-order valence-corrected chi connectivity index (χ3v) is 3.04. The first-order valence-electron chi connectivity index (χ1n) is 6.47. The lowest BCUT2D eigenvalue weighted by molar-refractivity contribution is -0.394. The highest BCUT2D eigenvalue weighted by Gasteiger charge is 2.17. The number of nitro groups is 2. The molecule has 0 aliphatic rings. The van der Waals surface area contributed by atoms with Crippen molar-refractivity contribution in [3.63, 3.8) is 0 Å².